The van der Waals surface area contributed by atoms with Crippen molar-refractivity contribution in [3.8, 4) is 6.07 Å². The first-order chi connectivity index (χ1) is 14.0. The summed E-state index contributed by atoms with van der Waals surface area (Å²) in [6.07, 6.45) is 17.0. The van der Waals surface area contributed by atoms with Gasteiger partial charge < -0.3 is 0 Å². The molecule has 5 rings (SSSR count). The Morgan fingerprint density at radius 3 is 2.76 bits per heavy atom. The lowest BCUT2D eigenvalue weighted by atomic mass is 9.49. The van der Waals surface area contributed by atoms with Crippen LogP contribution in [0.15, 0.2) is 12.4 Å². The fourth-order valence-electron chi connectivity index (χ4n) is 9.01. The average molecular weight is 394 g/mol. The Balaban J connectivity index is 1.30. The highest BCUT2D eigenvalue weighted by molar-refractivity contribution is 5.21. The SMILES string of the molecule is CC1CCC2C(CCC3C2CCC2(C)C3CCC2[C@H](C)Cn2cc(C#N)cn2)C1. The second-order valence-corrected chi connectivity index (χ2v) is 11.6. The molecule has 0 saturated heterocycles. The van der Waals surface area contributed by atoms with Gasteiger partial charge in [-0.3, -0.25) is 4.68 Å². The predicted octanol–water partition coefficient (Wildman–Crippen LogP) is 6.30. The molecule has 9 atom stereocenters. The van der Waals surface area contributed by atoms with Gasteiger partial charge in [-0.25, -0.2) is 0 Å². The van der Waals surface area contributed by atoms with Crippen LogP contribution in [0.2, 0.25) is 0 Å². The van der Waals surface area contributed by atoms with E-state index in [1.807, 2.05) is 10.9 Å². The van der Waals surface area contributed by atoms with Crippen LogP contribution in [-0.4, -0.2) is 9.78 Å². The van der Waals surface area contributed by atoms with E-state index in [1.54, 1.807) is 6.20 Å². The Kier molecular flexibility index (Phi) is 5.04. The molecule has 158 valence electrons. The third-order valence-corrected chi connectivity index (χ3v) is 10.2. The first-order valence-electron chi connectivity index (χ1n) is 12.4. The van der Waals surface area contributed by atoms with Gasteiger partial charge in [-0.2, -0.15) is 10.4 Å². The maximum absolute atomic E-state index is 9.10. The van der Waals surface area contributed by atoms with Crippen molar-refractivity contribution in [2.24, 2.45) is 52.8 Å². The molecule has 1 heterocycles. The molecule has 8 unspecified atom stereocenters. The maximum atomic E-state index is 9.10. The van der Waals surface area contributed by atoms with Gasteiger partial charge >= 0.3 is 0 Å². The summed E-state index contributed by atoms with van der Waals surface area (Å²) in [6, 6.07) is 2.22. The van der Waals surface area contributed by atoms with Gasteiger partial charge in [0.2, 0.25) is 0 Å². The number of hydrogen-bond donors (Lipinski definition) is 0. The number of hydrogen-bond acceptors (Lipinski definition) is 2. The number of nitriles is 1. The molecule has 1 aromatic heterocycles. The number of aromatic nitrogens is 2. The molecule has 0 aliphatic heterocycles. The molecular formula is C26H39N3. The Bertz CT molecular complexity index is 775. The van der Waals surface area contributed by atoms with Crippen LogP contribution in [0.25, 0.3) is 0 Å². The quantitative estimate of drug-likeness (QED) is 0.605. The molecule has 0 N–H and O–H groups in total. The molecule has 4 aliphatic rings. The van der Waals surface area contributed by atoms with Gasteiger partial charge in [0.1, 0.15) is 6.07 Å². The maximum Gasteiger partial charge on any atom is 0.102 e. The minimum atomic E-state index is 0.528. The molecule has 4 saturated carbocycles. The second kappa shape index (κ2) is 7.44. The molecule has 3 nitrogen and oxygen atoms in total. The number of nitrogens with zero attached hydrogens (tertiary/aromatic N) is 3. The van der Waals surface area contributed by atoms with Crippen LogP contribution in [0, 0.1) is 64.1 Å². The van der Waals surface area contributed by atoms with Crippen LogP contribution in [0.1, 0.15) is 84.1 Å². The molecule has 0 amide bonds. The fourth-order valence-corrected chi connectivity index (χ4v) is 9.01. The van der Waals surface area contributed by atoms with Crippen molar-refractivity contribution in [2.75, 3.05) is 0 Å². The van der Waals surface area contributed by atoms with Gasteiger partial charge in [0, 0.05) is 12.7 Å². The summed E-state index contributed by atoms with van der Waals surface area (Å²) in [4.78, 5) is 0. The largest absolute Gasteiger partial charge is 0.271 e. The van der Waals surface area contributed by atoms with Crippen LogP contribution in [0.5, 0.6) is 0 Å². The highest BCUT2D eigenvalue weighted by Gasteiger charge is 2.57. The summed E-state index contributed by atoms with van der Waals surface area (Å²) >= 11 is 0. The Hall–Kier alpha value is -1.30. The molecular weight excluding hydrogens is 354 g/mol. The Morgan fingerprint density at radius 1 is 1.14 bits per heavy atom. The van der Waals surface area contributed by atoms with E-state index in [9.17, 15) is 0 Å². The van der Waals surface area contributed by atoms with E-state index < -0.39 is 0 Å². The third kappa shape index (κ3) is 3.26. The molecule has 0 radical (unpaired) electrons. The molecule has 0 bridgehead atoms. The Labute approximate surface area is 177 Å². The zero-order valence-electron chi connectivity index (χ0n) is 18.7. The first kappa shape index (κ1) is 19.7. The van der Waals surface area contributed by atoms with E-state index in [0.717, 1.165) is 48.0 Å². The molecule has 29 heavy (non-hydrogen) atoms. The van der Waals surface area contributed by atoms with Gasteiger partial charge in [0.25, 0.3) is 0 Å². The van der Waals surface area contributed by atoms with E-state index in [1.165, 1.54) is 57.8 Å². The van der Waals surface area contributed by atoms with Gasteiger partial charge in [-0.15, -0.1) is 0 Å². The highest BCUT2D eigenvalue weighted by atomic mass is 15.3. The lowest BCUT2D eigenvalue weighted by Gasteiger charge is -2.56. The second-order valence-electron chi connectivity index (χ2n) is 11.6. The molecule has 1 aromatic rings. The number of fused-ring (bicyclic) bond motifs is 5. The molecule has 0 aromatic carbocycles. The van der Waals surface area contributed by atoms with E-state index in [2.05, 4.69) is 31.9 Å². The van der Waals surface area contributed by atoms with Crippen molar-refractivity contribution in [3.63, 3.8) is 0 Å². The summed E-state index contributed by atoms with van der Waals surface area (Å²) in [7, 11) is 0. The summed E-state index contributed by atoms with van der Waals surface area (Å²) < 4.78 is 2.01. The van der Waals surface area contributed by atoms with E-state index in [-0.39, 0.29) is 0 Å². The van der Waals surface area contributed by atoms with Crippen LogP contribution < -0.4 is 0 Å². The minimum Gasteiger partial charge on any atom is -0.271 e. The van der Waals surface area contributed by atoms with E-state index in [4.69, 9.17) is 5.26 Å². The molecule has 3 heteroatoms. The summed E-state index contributed by atoms with van der Waals surface area (Å²) in [5, 5.41) is 13.5. The fraction of sp³-hybridized carbons (Fsp3) is 0.846. The normalized spacial score (nSPS) is 45.0. The standard InChI is InChI=1S/C26H39N3/c1-17-4-6-21-20(12-17)5-7-23-22(21)10-11-26(3)24(8-9-25(23)26)18(2)15-29-16-19(13-27)14-28-29/h14,16-18,20-25H,4-12,15H2,1-3H3/t17?,18-,20?,21?,22?,23?,24?,25?,26?/m1/s1. The van der Waals surface area contributed by atoms with Crippen molar-refractivity contribution in [3.05, 3.63) is 18.0 Å². The van der Waals surface area contributed by atoms with Crippen molar-refractivity contribution < 1.29 is 0 Å². The van der Waals surface area contributed by atoms with Crippen molar-refractivity contribution in [2.45, 2.75) is 85.1 Å². The topological polar surface area (TPSA) is 41.6 Å². The lowest BCUT2D eigenvalue weighted by Crippen LogP contribution is -2.49. The first-order valence-corrected chi connectivity index (χ1v) is 12.4. The minimum absolute atomic E-state index is 0.528. The average Bonchev–Trinajstić information content (AvgIpc) is 3.30. The van der Waals surface area contributed by atoms with E-state index in [0.29, 0.717) is 16.9 Å². The van der Waals surface area contributed by atoms with Gasteiger partial charge in [0.15, 0.2) is 0 Å². The van der Waals surface area contributed by atoms with Crippen molar-refractivity contribution in [1.82, 2.24) is 9.78 Å². The van der Waals surface area contributed by atoms with Gasteiger partial charge in [-0.05, 0) is 104 Å². The van der Waals surface area contributed by atoms with Crippen molar-refractivity contribution >= 4 is 0 Å². The van der Waals surface area contributed by atoms with Crippen LogP contribution >= 0.6 is 0 Å². The third-order valence-electron chi connectivity index (χ3n) is 10.2. The lowest BCUT2D eigenvalue weighted by molar-refractivity contribution is -0.0737. The molecule has 4 aliphatic carbocycles. The zero-order valence-corrected chi connectivity index (χ0v) is 18.7. The summed E-state index contributed by atoms with van der Waals surface area (Å²) in [6.45, 7) is 8.55. The van der Waals surface area contributed by atoms with E-state index >= 15 is 0 Å². The predicted molar refractivity (Wildman–Crippen MR) is 116 cm³/mol. The highest BCUT2D eigenvalue weighted by Crippen LogP contribution is 2.65. The Morgan fingerprint density at radius 2 is 1.97 bits per heavy atom. The smallest absolute Gasteiger partial charge is 0.102 e. The van der Waals surface area contributed by atoms with Crippen molar-refractivity contribution in [1.29, 1.82) is 5.26 Å². The van der Waals surface area contributed by atoms with Gasteiger partial charge in [0.05, 0.1) is 11.8 Å². The zero-order chi connectivity index (χ0) is 20.2. The molecule has 4 fully saturated rings. The van der Waals surface area contributed by atoms with Crippen LogP contribution in [0.4, 0.5) is 0 Å². The van der Waals surface area contributed by atoms with Crippen LogP contribution in [-0.2, 0) is 6.54 Å². The molecule has 0 spiro atoms. The summed E-state index contributed by atoms with van der Waals surface area (Å²) in [5.74, 6) is 7.54. The number of rotatable bonds is 3. The van der Waals surface area contributed by atoms with Crippen LogP contribution in [0.3, 0.4) is 0 Å². The monoisotopic (exact) mass is 393 g/mol. The summed E-state index contributed by atoms with van der Waals surface area (Å²) in [5.41, 5.74) is 1.22. The van der Waals surface area contributed by atoms with Gasteiger partial charge in [-0.1, -0.05) is 27.2 Å².